The zero-order valence-electron chi connectivity index (χ0n) is 19.2. The van der Waals surface area contributed by atoms with E-state index < -0.39 is 17.6 Å². The molecule has 2 heterocycles. The Labute approximate surface area is 205 Å². The number of hydrogen-bond acceptors (Lipinski definition) is 8. The molecular weight excluding hydrogens is 479 g/mol. The molecule has 13 heteroatoms. The highest BCUT2D eigenvalue weighted by Gasteiger charge is 2.32. The van der Waals surface area contributed by atoms with Crippen molar-refractivity contribution in [3.8, 4) is 6.07 Å². The molecule has 0 bridgehead atoms. The van der Waals surface area contributed by atoms with Gasteiger partial charge >= 0.3 is 6.18 Å². The van der Waals surface area contributed by atoms with E-state index >= 15 is 0 Å². The molecule has 0 radical (unpaired) electrons. The third-order valence-electron chi connectivity index (χ3n) is 5.66. The van der Waals surface area contributed by atoms with Crippen molar-refractivity contribution in [2.75, 3.05) is 44.3 Å². The van der Waals surface area contributed by atoms with Gasteiger partial charge in [-0.3, -0.25) is 9.59 Å². The fourth-order valence-electron chi connectivity index (χ4n) is 3.75. The van der Waals surface area contributed by atoms with Crippen LogP contribution in [0.1, 0.15) is 39.0 Å². The molecule has 1 saturated heterocycles. The highest BCUT2D eigenvalue weighted by atomic mass is 19.4. The van der Waals surface area contributed by atoms with Crippen molar-refractivity contribution in [1.82, 2.24) is 14.9 Å². The first-order valence-electron chi connectivity index (χ1n) is 11.0. The summed E-state index contributed by atoms with van der Waals surface area (Å²) in [5, 5.41) is 16.7. The summed E-state index contributed by atoms with van der Waals surface area (Å²) in [7, 11) is 0. The summed E-state index contributed by atoms with van der Waals surface area (Å²) in [5.74, 6) is -0.670. The van der Waals surface area contributed by atoms with Crippen LogP contribution in [0.2, 0.25) is 0 Å². The number of piperazine rings is 1. The van der Waals surface area contributed by atoms with E-state index in [0.29, 0.717) is 43.7 Å². The van der Waals surface area contributed by atoms with Gasteiger partial charge in [0, 0.05) is 55.9 Å². The first-order valence-corrected chi connectivity index (χ1v) is 11.0. The number of aromatic nitrogens is 2. The number of nitrogens with zero attached hydrogens (tertiary/aromatic N) is 5. The quantitative estimate of drug-likeness (QED) is 0.391. The average Bonchev–Trinajstić information content (AvgIpc) is 2.87. The Morgan fingerprint density at radius 2 is 1.83 bits per heavy atom. The maximum atomic E-state index is 12.7. The SMILES string of the molecule is N#Cc1cc(CCOCCC(=O)N2CCN(c3ncc(C(F)(F)F)cn3)CC2)c(C=N)c(C(N)=O)c1. The van der Waals surface area contributed by atoms with Gasteiger partial charge in [-0.05, 0) is 24.1 Å². The molecule has 1 fully saturated rings. The average molecular weight is 503 g/mol. The number of ether oxygens (including phenoxy) is 1. The first kappa shape index (κ1) is 26.6. The molecule has 3 rings (SSSR count). The Kier molecular flexibility index (Phi) is 8.55. The molecule has 36 heavy (non-hydrogen) atoms. The number of carbonyl (C=O) groups is 2. The lowest BCUT2D eigenvalue weighted by molar-refractivity contribution is -0.138. The molecule has 0 spiro atoms. The molecule has 190 valence electrons. The summed E-state index contributed by atoms with van der Waals surface area (Å²) >= 11 is 0. The normalized spacial score (nSPS) is 13.8. The topological polar surface area (TPSA) is 149 Å². The maximum absolute atomic E-state index is 12.7. The van der Waals surface area contributed by atoms with Crippen LogP contribution in [0, 0.1) is 16.7 Å². The minimum Gasteiger partial charge on any atom is -0.381 e. The fraction of sp³-hybridized carbons (Fsp3) is 0.391. The first-order chi connectivity index (χ1) is 17.1. The summed E-state index contributed by atoms with van der Waals surface area (Å²) in [4.78, 5) is 35.1. The predicted molar refractivity (Wildman–Crippen MR) is 123 cm³/mol. The standard InChI is InChI=1S/C23H24F3N7O3/c24-23(25,26)17-13-30-22(31-14-17)33-5-3-32(4-6-33)20(34)2-8-36-7-1-16-9-15(11-27)10-18(21(29)35)19(16)12-28/h9-10,12-14,28H,1-8H2,(H2,29,35). The van der Waals surface area contributed by atoms with Gasteiger partial charge in [0.25, 0.3) is 0 Å². The molecule has 1 aliphatic heterocycles. The molecule has 2 amide bonds. The number of rotatable bonds is 9. The fourth-order valence-corrected chi connectivity index (χ4v) is 3.75. The van der Waals surface area contributed by atoms with Crippen LogP contribution in [-0.4, -0.2) is 72.3 Å². The number of amides is 2. The van der Waals surface area contributed by atoms with E-state index in [1.54, 1.807) is 15.9 Å². The van der Waals surface area contributed by atoms with Crippen molar-refractivity contribution in [3.63, 3.8) is 0 Å². The van der Waals surface area contributed by atoms with Gasteiger partial charge in [-0.2, -0.15) is 18.4 Å². The Hall–Kier alpha value is -4.05. The predicted octanol–water partition coefficient (Wildman–Crippen LogP) is 1.76. The van der Waals surface area contributed by atoms with Crippen LogP contribution >= 0.6 is 0 Å². The summed E-state index contributed by atoms with van der Waals surface area (Å²) < 4.78 is 43.5. The number of primary amides is 1. The molecule has 0 saturated carbocycles. The minimum atomic E-state index is -4.50. The number of benzene rings is 1. The van der Waals surface area contributed by atoms with E-state index in [0.717, 1.165) is 18.6 Å². The van der Waals surface area contributed by atoms with E-state index in [9.17, 15) is 22.8 Å². The largest absolute Gasteiger partial charge is 0.419 e. The van der Waals surface area contributed by atoms with Crippen LogP contribution < -0.4 is 10.6 Å². The van der Waals surface area contributed by atoms with Crippen molar-refractivity contribution in [2.24, 2.45) is 5.73 Å². The Balaban J connectivity index is 1.44. The number of nitriles is 1. The molecule has 1 aliphatic rings. The zero-order chi connectivity index (χ0) is 26.3. The number of alkyl halides is 3. The van der Waals surface area contributed by atoms with Gasteiger partial charge in [0.2, 0.25) is 17.8 Å². The van der Waals surface area contributed by atoms with Crippen LogP contribution in [0.15, 0.2) is 24.5 Å². The van der Waals surface area contributed by atoms with Gasteiger partial charge < -0.3 is 25.7 Å². The number of nitrogens with one attached hydrogen (secondary N) is 1. The van der Waals surface area contributed by atoms with E-state index in [2.05, 4.69) is 9.97 Å². The third kappa shape index (κ3) is 6.54. The Morgan fingerprint density at radius 3 is 2.39 bits per heavy atom. The van der Waals surface area contributed by atoms with Crippen LogP contribution in [0.4, 0.5) is 19.1 Å². The van der Waals surface area contributed by atoms with Gasteiger partial charge in [-0.15, -0.1) is 0 Å². The van der Waals surface area contributed by atoms with Gasteiger partial charge in [-0.25, -0.2) is 9.97 Å². The molecule has 1 aromatic heterocycles. The number of anilines is 1. The summed E-state index contributed by atoms with van der Waals surface area (Å²) in [6.07, 6.45) is -1.54. The molecular formula is C23H24F3N7O3. The van der Waals surface area contributed by atoms with Gasteiger partial charge in [0.15, 0.2) is 0 Å². The minimum absolute atomic E-state index is 0.0927. The molecule has 0 unspecified atom stereocenters. The van der Waals surface area contributed by atoms with Crippen molar-refractivity contribution in [2.45, 2.75) is 19.0 Å². The van der Waals surface area contributed by atoms with E-state index in [1.807, 2.05) is 6.07 Å². The summed E-state index contributed by atoms with van der Waals surface area (Å²) in [5.41, 5.74) is 5.68. The molecule has 10 nitrogen and oxygen atoms in total. The lowest BCUT2D eigenvalue weighted by atomic mass is 9.96. The molecule has 1 aromatic carbocycles. The van der Waals surface area contributed by atoms with E-state index in [4.69, 9.17) is 21.1 Å². The van der Waals surface area contributed by atoms with Gasteiger partial charge in [0.05, 0.1) is 36.8 Å². The van der Waals surface area contributed by atoms with Crippen molar-refractivity contribution >= 4 is 24.0 Å². The molecule has 2 aromatic rings. The second-order valence-corrected chi connectivity index (χ2v) is 7.97. The summed E-state index contributed by atoms with van der Waals surface area (Å²) in [6.45, 7) is 1.90. The molecule has 0 aliphatic carbocycles. The Morgan fingerprint density at radius 1 is 1.17 bits per heavy atom. The second kappa shape index (κ2) is 11.6. The van der Waals surface area contributed by atoms with Gasteiger partial charge in [0.1, 0.15) is 0 Å². The van der Waals surface area contributed by atoms with Crippen LogP contribution in [0.3, 0.4) is 0 Å². The van der Waals surface area contributed by atoms with Crippen LogP contribution in [0.5, 0.6) is 0 Å². The van der Waals surface area contributed by atoms with Crippen molar-refractivity contribution < 1.29 is 27.5 Å². The smallest absolute Gasteiger partial charge is 0.381 e. The van der Waals surface area contributed by atoms with Crippen LogP contribution in [-0.2, 0) is 22.1 Å². The molecule has 3 N–H and O–H groups in total. The van der Waals surface area contributed by atoms with Crippen molar-refractivity contribution in [3.05, 3.63) is 52.3 Å². The number of carbonyl (C=O) groups excluding carboxylic acids is 2. The maximum Gasteiger partial charge on any atom is 0.419 e. The number of nitrogens with two attached hydrogens (primary N) is 1. The third-order valence-corrected chi connectivity index (χ3v) is 5.66. The second-order valence-electron chi connectivity index (χ2n) is 7.97. The monoisotopic (exact) mass is 503 g/mol. The number of halogens is 3. The molecule has 0 atom stereocenters. The van der Waals surface area contributed by atoms with Gasteiger partial charge in [-0.1, -0.05) is 0 Å². The zero-order valence-corrected chi connectivity index (χ0v) is 19.2. The highest BCUT2D eigenvalue weighted by molar-refractivity contribution is 6.02. The number of hydrogen-bond donors (Lipinski definition) is 2. The lowest BCUT2D eigenvalue weighted by Gasteiger charge is -2.34. The van der Waals surface area contributed by atoms with E-state index in [1.165, 1.54) is 6.07 Å². The summed E-state index contributed by atoms with van der Waals surface area (Å²) in [6, 6.07) is 4.87. The highest BCUT2D eigenvalue weighted by Crippen LogP contribution is 2.28. The van der Waals surface area contributed by atoms with Crippen LogP contribution in [0.25, 0.3) is 0 Å². The lowest BCUT2D eigenvalue weighted by Crippen LogP contribution is -2.49. The van der Waals surface area contributed by atoms with E-state index in [-0.39, 0.29) is 42.6 Å². The Bertz CT molecular complexity index is 1160. The van der Waals surface area contributed by atoms with Crippen molar-refractivity contribution in [1.29, 1.82) is 10.7 Å².